The van der Waals surface area contributed by atoms with E-state index in [1.54, 1.807) is 0 Å². The first-order valence-corrected chi connectivity index (χ1v) is 8.33. The number of hydrogen-bond donors (Lipinski definition) is 1. The normalized spacial score (nSPS) is 26.0. The third-order valence-electron chi connectivity index (χ3n) is 4.23. The molecule has 3 nitrogen and oxygen atoms in total. The Morgan fingerprint density at radius 1 is 1.11 bits per heavy atom. The lowest BCUT2D eigenvalue weighted by molar-refractivity contribution is -0.122. The van der Waals surface area contributed by atoms with Crippen LogP contribution in [0.4, 0.5) is 0 Å². The Bertz CT molecular complexity index is 494. The standard InChI is InChI=1S/C15H18NO2P/c17-13-10-15(6-8-16-9-7-15)14(18)19(13)11-12-4-2-1-3-5-12/h1-5,16H,6-11H2. The summed E-state index contributed by atoms with van der Waals surface area (Å²) >= 11 is 0. The molecule has 0 bridgehead atoms. The van der Waals surface area contributed by atoms with Gasteiger partial charge in [0.05, 0.1) is 0 Å². The summed E-state index contributed by atoms with van der Waals surface area (Å²) in [6.45, 7) is 1.74. The smallest absolute Gasteiger partial charge is 0.168 e. The molecule has 0 aliphatic carbocycles. The van der Waals surface area contributed by atoms with Crippen molar-refractivity contribution in [2.24, 2.45) is 5.41 Å². The third-order valence-corrected chi connectivity index (χ3v) is 6.64. The zero-order valence-corrected chi connectivity index (χ0v) is 11.8. The Hall–Kier alpha value is -1.05. The first kappa shape index (κ1) is 13.0. The first-order valence-electron chi connectivity index (χ1n) is 6.81. The summed E-state index contributed by atoms with van der Waals surface area (Å²) in [7, 11) is -1.12. The van der Waals surface area contributed by atoms with E-state index in [0.717, 1.165) is 31.5 Å². The molecule has 0 aromatic heterocycles. The second-order valence-electron chi connectivity index (χ2n) is 5.48. The fourth-order valence-corrected chi connectivity index (χ4v) is 5.57. The molecular weight excluding hydrogens is 257 g/mol. The molecule has 0 saturated carbocycles. The molecule has 2 aliphatic heterocycles. The molecule has 3 rings (SSSR count). The summed E-state index contributed by atoms with van der Waals surface area (Å²) in [5.74, 6) is 0. The molecule has 1 N–H and O–H groups in total. The number of carbonyl (C=O) groups excluding carboxylic acids is 2. The number of nitrogens with one attached hydrogen (secondary N) is 1. The van der Waals surface area contributed by atoms with Crippen LogP contribution in [0.15, 0.2) is 30.3 Å². The van der Waals surface area contributed by atoms with Crippen LogP contribution in [0, 0.1) is 5.41 Å². The van der Waals surface area contributed by atoms with Crippen LogP contribution in [0.1, 0.15) is 24.8 Å². The minimum Gasteiger partial charge on any atom is -0.317 e. The molecule has 0 amide bonds. The molecule has 19 heavy (non-hydrogen) atoms. The summed E-state index contributed by atoms with van der Waals surface area (Å²) in [5, 5.41) is 3.28. The van der Waals surface area contributed by atoms with Gasteiger partial charge in [-0.15, -0.1) is 0 Å². The van der Waals surface area contributed by atoms with Crippen LogP contribution < -0.4 is 5.32 Å². The van der Waals surface area contributed by atoms with E-state index in [-0.39, 0.29) is 16.5 Å². The lowest BCUT2D eigenvalue weighted by Gasteiger charge is -2.31. The number of rotatable bonds is 2. The summed E-state index contributed by atoms with van der Waals surface area (Å²) < 4.78 is 0. The van der Waals surface area contributed by atoms with Gasteiger partial charge in [0, 0.05) is 25.9 Å². The SMILES string of the molecule is O=C1CC2(CCNCC2)C(=O)P1Cc1ccccc1. The second-order valence-corrected chi connectivity index (χ2v) is 7.56. The summed E-state index contributed by atoms with van der Waals surface area (Å²) in [5.41, 5.74) is 1.27. The Kier molecular flexibility index (Phi) is 3.51. The summed E-state index contributed by atoms with van der Waals surface area (Å²) in [4.78, 5) is 24.9. The van der Waals surface area contributed by atoms with Gasteiger partial charge in [-0.1, -0.05) is 30.3 Å². The van der Waals surface area contributed by atoms with Crippen molar-refractivity contribution in [1.29, 1.82) is 0 Å². The monoisotopic (exact) mass is 275 g/mol. The lowest BCUT2D eigenvalue weighted by Crippen LogP contribution is -2.39. The average molecular weight is 275 g/mol. The van der Waals surface area contributed by atoms with Gasteiger partial charge >= 0.3 is 0 Å². The van der Waals surface area contributed by atoms with Crippen LogP contribution in [0.3, 0.4) is 0 Å². The summed E-state index contributed by atoms with van der Waals surface area (Å²) in [6.07, 6.45) is 2.81. The Morgan fingerprint density at radius 3 is 2.47 bits per heavy atom. The van der Waals surface area contributed by atoms with Crippen molar-refractivity contribution in [1.82, 2.24) is 5.32 Å². The molecule has 2 heterocycles. The molecule has 100 valence electrons. The number of piperidine rings is 1. The maximum atomic E-state index is 12.7. The van der Waals surface area contributed by atoms with E-state index in [4.69, 9.17) is 0 Å². The van der Waals surface area contributed by atoms with Crippen molar-refractivity contribution in [2.45, 2.75) is 25.4 Å². The van der Waals surface area contributed by atoms with E-state index in [1.165, 1.54) is 0 Å². The maximum absolute atomic E-state index is 12.7. The highest BCUT2D eigenvalue weighted by Crippen LogP contribution is 2.59. The van der Waals surface area contributed by atoms with E-state index in [9.17, 15) is 9.59 Å². The molecule has 1 aromatic carbocycles. The van der Waals surface area contributed by atoms with Crippen molar-refractivity contribution in [3.8, 4) is 0 Å². The number of hydrogen-bond acceptors (Lipinski definition) is 3. The van der Waals surface area contributed by atoms with Crippen LogP contribution in [0.5, 0.6) is 0 Å². The highest BCUT2D eigenvalue weighted by Gasteiger charge is 2.52. The van der Waals surface area contributed by atoms with Gasteiger partial charge in [-0.2, -0.15) is 0 Å². The molecule has 1 atom stereocenters. The van der Waals surface area contributed by atoms with Gasteiger partial charge < -0.3 is 5.32 Å². The molecule has 1 spiro atoms. The van der Waals surface area contributed by atoms with Crippen molar-refractivity contribution in [3.05, 3.63) is 35.9 Å². The predicted octanol–water partition coefficient (Wildman–Crippen LogP) is 2.50. The maximum Gasteiger partial charge on any atom is 0.168 e. The van der Waals surface area contributed by atoms with Gasteiger partial charge in [0.1, 0.15) is 0 Å². The highest BCUT2D eigenvalue weighted by atomic mass is 31.1. The van der Waals surface area contributed by atoms with Crippen molar-refractivity contribution >= 4 is 19.0 Å². The largest absolute Gasteiger partial charge is 0.317 e. The van der Waals surface area contributed by atoms with E-state index < -0.39 is 7.92 Å². The molecule has 2 aliphatic rings. The van der Waals surface area contributed by atoms with Crippen LogP contribution >= 0.6 is 7.92 Å². The van der Waals surface area contributed by atoms with Crippen LogP contribution in [0.25, 0.3) is 0 Å². The molecule has 2 fully saturated rings. The lowest BCUT2D eigenvalue weighted by atomic mass is 9.78. The minimum absolute atomic E-state index is 0.214. The minimum atomic E-state index is -1.12. The van der Waals surface area contributed by atoms with Gasteiger partial charge in [0.15, 0.2) is 11.0 Å². The van der Waals surface area contributed by atoms with Gasteiger partial charge in [0.25, 0.3) is 0 Å². The predicted molar refractivity (Wildman–Crippen MR) is 76.2 cm³/mol. The third kappa shape index (κ3) is 2.37. The van der Waals surface area contributed by atoms with Crippen LogP contribution in [0.2, 0.25) is 0 Å². The van der Waals surface area contributed by atoms with Crippen molar-refractivity contribution in [2.75, 3.05) is 13.1 Å². The van der Waals surface area contributed by atoms with Gasteiger partial charge in [-0.3, -0.25) is 9.59 Å². The van der Waals surface area contributed by atoms with Crippen LogP contribution in [-0.4, -0.2) is 24.1 Å². The van der Waals surface area contributed by atoms with Gasteiger partial charge in [-0.05, 0) is 31.5 Å². The molecule has 2 saturated heterocycles. The van der Waals surface area contributed by atoms with E-state index in [2.05, 4.69) is 5.32 Å². The fraction of sp³-hybridized carbons (Fsp3) is 0.467. The zero-order chi connectivity index (χ0) is 13.3. The van der Waals surface area contributed by atoms with E-state index in [1.807, 2.05) is 30.3 Å². The topological polar surface area (TPSA) is 46.2 Å². The molecular formula is C15H18NO2P. The second kappa shape index (κ2) is 5.15. The zero-order valence-electron chi connectivity index (χ0n) is 10.9. The van der Waals surface area contributed by atoms with Crippen molar-refractivity contribution in [3.63, 3.8) is 0 Å². The number of carbonyl (C=O) groups is 2. The highest BCUT2D eigenvalue weighted by molar-refractivity contribution is 7.89. The Balaban J connectivity index is 1.79. The van der Waals surface area contributed by atoms with Gasteiger partial charge in [0.2, 0.25) is 0 Å². The molecule has 1 unspecified atom stereocenters. The van der Waals surface area contributed by atoms with Crippen LogP contribution in [-0.2, 0) is 15.8 Å². The quantitative estimate of drug-likeness (QED) is 0.843. The molecule has 4 heteroatoms. The molecule has 0 radical (unpaired) electrons. The van der Waals surface area contributed by atoms with E-state index in [0.29, 0.717) is 12.6 Å². The fourth-order valence-electron chi connectivity index (χ4n) is 3.08. The molecule has 1 aromatic rings. The average Bonchev–Trinajstić information content (AvgIpc) is 2.66. The number of benzene rings is 1. The van der Waals surface area contributed by atoms with Gasteiger partial charge in [-0.25, -0.2) is 0 Å². The van der Waals surface area contributed by atoms with Crippen molar-refractivity contribution < 1.29 is 9.59 Å². The summed E-state index contributed by atoms with van der Waals surface area (Å²) in [6, 6.07) is 9.92. The first-order chi connectivity index (χ1) is 9.21. The Labute approximate surface area is 114 Å². The Morgan fingerprint density at radius 2 is 1.79 bits per heavy atom. The van der Waals surface area contributed by atoms with E-state index >= 15 is 0 Å².